The number of ether oxygens (including phenoxy) is 1. The fourth-order valence-corrected chi connectivity index (χ4v) is 4.01. The molecule has 34 heavy (non-hydrogen) atoms. The number of benzene rings is 3. The number of hydrazine groups is 1. The van der Waals surface area contributed by atoms with Gasteiger partial charge in [-0.3, -0.25) is 20.4 Å². The molecule has 1 heterocycles. The molecule has 0 spiro atoms. The summed E-state index contributed by atoms with van der Waals surface area (Å²) in [6, 6.07) is 18.4. The van der Waals surface area contributed by atoms with Crippen molar-refractivity contribution >= 4 is 46.4 Å². The van der Waals surface area contributed by atoms with Crippen molar-refractivity contribution in [3.63, 3.8) is 0 Å². The van der Waals surface area contributed by atoms with E-state index in [1.807, 2.05) is 38.1 Å². The van der Waals surface area contributed by atoms with E-state index in [1.54, 1.807) is 41.3 Å². The molecule has 1 saturated heterocycles. The molecular weight excluding hydrogens is 473 g/mol. The number of amides is 2. The molecular formula is C26H25Cl2N3O3. The number of hydrogen-bond donors (Lipinski definition) is 2. The Morgan fingerprint density at radius 1 is 1.00 bits per heavy atom. The number of rotatable bonds is 7. The standard InChI is InChI=1S/C26H25Cl2N3O3/c1-16-3-7-21(11-17(16)2)31-14-19(13-25(31)32)26(33)30-29-20-5-8-22(9-6-20)34-15-18-4-10-23(27)24(28)12-18/h3-12,19,29H,13-15H2,1-2H3,(H,30,33)/t19-/m0/s1. The van der Waals surface area contributed by atoms with Crippen LogP contribution in [0.1, 0.15) is 23.1 Å². The Labute approximate surface area is 208 Å². The van der Waals surface area contributed by atoms with E-state index in [2.05, 4.69) is 10.9 Å². The Morgan fingerprint density at radius 3 is 2.47 bits per heavy atom. The summed E-state index contributed by atoms with van der Waals surface area (Å²) in [4.78, 5) is 26.8. The Balaban J connectivity index is 1.27. The lowest BCUT2D eigenvalue weighted by Gasteiger charge is -2.18. The van der Waals surface area contributed by atoms with Crippen molar-refractivity contribution in [2.45, 2.75) is 26.9 Å². The molecule has 3 aromatic rings. The van der Waals surface area contributed by atoms with Gasteiger partial charge in [0.05, 0.1) is 21.7 Å². The second kappa shape index (κ2) is 10.4. The molecule has 0 saturated carbocycles. The smallest absolute Gasteiger partial charge is 0.243 e. The summed E-state index contributed by atoms with van der Waals surface area (Å²) in [5.41, 5.74) is 10.3. The van der Waals surface area contributed by atoms with Gasteiger partial charge in [0, 0.05) is 18.7 Å². The Bertz CT molecular complexity index is 1210. The Hall–Kier alpha value is -3.22. The first kappa shape index (κ1) is 23.9. The minimum atomic E-state index is -0.421. The van der Waals surface area contributed by atoms with Crippen molar-refractivity contribution in [3.05, 3.63) is 87.4 Å². The van der Waals surface area contributed by atoms with Crippen molar-refractivity contribution in [1.82, 2.24) is 5.43 Å². The number of anilines is 2. The number of carbonyl (C=O) groups excluding carboxylic acids is 2. The van der Waals surface area contributed by atoms with Crippen molar-refractivity contribution in [1.29, 1.82) is 0 Å². The zero-order valence-electron chi connectivity index (χ0n) is 18.9. The monoisotopic (exact) mass is 497 g/mol. The summed E-state index contributed by atoms with van der Waals surface area (Å²) in [6.45, 7) is 4.75. The predicted molar refractivity (Wildman–Crippen MR) is 135 cm³/mol. The fourth-order valence-electron chi connectivity index (χ4n) is 3.69. The summed E-state index contributed by atoms with van der Waals surface area (Å²) in [5, 5.41) is 0.988. The van der Waals surface area contributed by atoms with Crippen LogP contribution in [0, 0.1) is 19.8 Å². The lowest BCUT2D eigenvalue weighted by Crippen LogP contribution is -2.36. The lowest BCUT2D eigenvalue weighted by atomic mass is 10.1. The van der Waals surface area contributed by atoms with Crippen LogP contribution in [-0.2, 0) is 16.2 Å². The number of halogens is 2. The predicted octanol–water partition coefficient (Wildman–Crippen LogP) is 5.69. The molecule has 4 rings (SSSR count). The lowest BCUT2D eigenvalue weighted by molar-refractivity contribution is -0.125. The molecule has 1 aliphatic rings. The minimum Gasteiger partial charge on any atom is -0.489 e. The average Bonchev–Trinajstić information content (AvgIpc) is 3.22. The van der Waals surface area contributed by atoms with Crippen LogP contribution in [0.3, 0.4) is 0 Å². The van der Waals surface area contributed by atoms with E-state index in [0.717, 1.165) is 16.8 Å². The van der Waals surface area contributed by atoms with Crippen LogP contribution in [0.25, 0.3) is 0 Å². The quantitative estimate of drug-likeness (QED) is 0.411. The average molecular weight is 498 g/mol. The molecule has 0 bridgehead atoms. The minimum absolute atomic E-state index is 0.0492. The molecule has 1 atom stereocenters. The van der Waals surface area contributed by atoms with E-state index in [9.17, 15) is 9.59 Å². The number of nitrogens with one attached hydrogen (secondary N) is 2. The maximum absolute atomic E-state index is 12.6. The van der Waals surface area contributed by atoms with Gasteiger partial charge in [-0.15, -0.1) is 0 Å². The van der Waals surface area contributed by atoms with E-state index >= 15 is 0 Å². The Kier molecular flexibility index (Phi) is 7.29. The number of carbonyl (C=O) groups is 2. The van der Waals surface area contributed by atoms with E-state index in [4.69, 9.17) is 27.9 Å². The van der Waals surface area contributed by atoms with Gasteiger partial charge in [-0.2, -0.15) is 0 Å². The molecule has 0 aliphatic carbocycles. The molecule has 0 radical (unpaired) electrons. The van der Waals surface area contributed by atoms with Crippen molar-refractivity contribution in [2.75, 3.05) is 16.9 Å². The first-order valence-corrected chi connectivity index (χ1v) is 11.7. The van der Waals surface area contributed by atoms with Gasteiger partial charge in [-0.25, -0.2) is 0 Å². The third-order valence-corrected chi connectivity index (χ3v) is 6.61. The van der Waals surface area contributed by atoms with Gasteiger partial charge < -0.3 is 9.64 Å². The summed E-state index contributed by atoms with van der Waals surface area (Å²) in [5.74, 6) is -0.0182. The highest BCUT2D eigenvalue weighted by molar-refractivity contribution is 6.42. The largest absolute Gasteiger partial charge is 0.489 e. The van der Waals surface area contributed by atoms with Crippen LogP contribution in [0.5, 0.6) is 5.75 Å². The maximum atomic E-state index is 12.6. The third kappa shape index (κ3) is 5.64. The molecule has 2 N–H and O–H groups in total. The van der Waals surface area contributed by atoms with Crippen LogP contribution in [-0.4, -0.2) is 18.4 Å². The van der Waals surface area contributed by atoms with Gasteiger partial charge >= 0.3 is 0 Å². The van der Waals surface area contributed by atoms with E-state index < -0.39 is 5.92 Å². The van der Waals surface area contributed by atoms with Crippen molar-refractivity contribution in [3.8, 4) is 5.75 Å². The van der Waals surface area contributed by atoms with Crippen LogP contribution < -0.4 is 20.5 Å². The summed E-state index contributed by atoms with van der Waals surface area (Å²) >= 11 is 12.0. The van der Waals surface area contributed by atoms with Gasteiger partial charge in [-0.1, -0.05) is 35.3 Å². The van der Waals surface area contributed by atoms with Crippen LogP contribution in [0.2, 0.25) is 10.0 Å². The highest BCUT2D eigenvalue weighted by Gasteiger charge is 2.35. The molecule has 176 valence electrons. The number of hydrogen-bond acceptors (Lipinski definition) is 4. The molecule has 0 aromatic heterocycles. The molecule has 2 amide bonds. The van der Waals surface area contributed by atoms with Crippen LogP contribution >= 0.6 is 23.2 Å². The van der Waals surface area contributed by atoms with E-state index in [1.165, 1.54) is 5.56 Å². The fraction of sp³-hybridized carbons (Fsp3) is 0.231. The van der Waals surface area contributed by atoms with E-state index in [0.29, 0.717) is 34.6 Å². The number of nitrogens with zero attached hydrogens (tertiary/aromatic N) is 1. The summed E-state index contributed by atoms with van der Waals surface area (Å²) in [7, 11) is 0. The van der Waals surface area contributed by atoms with Crippen LogP contribution in [0.15, 0.2) is 60.7 Å². The molecule has 0 unspecified atom stereocenters. The van der Waals surface area contributed by atoms with Gasteiger partial charge in [0.25, 0.3) is 0 Å². The second-order valence-corrected chi connectivity index (χ2v) is 9.16. The van der Waals surface area contributed by atoms with Gasteiger partial charge in [0.15, 0.2) is 0 Å². The topological polar surface area (TPSA) is 70.7 Å². The van der Waals surface area contributed by atoms with Gasteiger partial charge in [0.2, 0.25) is 11.8 Å². The third-order valence-electron chi connectivity index (χ3n) is 5.87. The SMILES string of the molecule is Cc1ccc(N2C[C@@H](C(=O)NNc3ccc(OCc4ccc(Cl)c(Cl)c4)cc3)CC2=O)cc1C. The maximum Gasteiger partial charge on any atom is 0.243 e. The Morgan fingerprint density at radius 2 is 1.76 bits per heavy atom. The van der Waals surface area contributed by atoms with Crippen LogP contribution in [0.4, 0.5) is 11.4 Å². The van der Waals surface area contributed by atoms with Crippen molar-refractivity contribution < 1.29 is 14.3 Å². The molecule has 1 aliphatic heterocycles. The number of aryl methyl sites for hydroxylation is 2. The highest BCUT2D eigenvalue weighted by Crippen LogP contribution is 2.27. The molecule has 8 heteroatoms. The zero-order chi connectivity index (χ0) is 24.2. The summed E-state index contributed by atoms with van der Waals surface area (Å²) in [6.07, 6.45) is 0.182. The zero-order valence-corrected chi connectivity index (χ0v) is 20.4. The molecule has 6 nitrogen and oxygen atoms in total. The first-order valence-electron chi connectivity index (χ1n) is 10.9. The summed E-state index contributed by atoms with van der Waals surface area (Å²) < 4.78 is 5.77. The van der Waals surface area contributed by atoms with E-state index in [-0.39, 0.29) is 18.2 Å². The normalized spacial score (nSPS) is 15.4. The molecule has 3 aromatic carbocycles. The first-order chi connectivity index (χ1) is 16.3. The highest BCUT2D eigenvalue weighted by atomic mass is 35.5. The van der Waals surface area contributed by atoms with Gasteiger partial charge in [-0.05, 0) is 79.1 Å². The van der Waals surface area contributed by atoms with Crippen molar-refractivity contribution in [2.24, 2.45) is 5.92 Å². The second-order valence-electron chi connectivity index (χ2n) is 8.35. The van der Waals surface area contributed by atoms with Gasteiger partial charge in [0.1, 0.15) is 12.4 Å². The molecule has 1 fully saturated rings.